The van der Waals surface area contributed by atoms with Gasteiger partial charge >= 0.3 is 0 Å². The molecule has 0 saturated carbocycles. The zero-order valence-electron chi connectivity index (χ0n) is 15.5. The Hall–Kier alpha value is -0.480. The van der Waals surface area contributed by atoms with Crippen LogP contribution in [0.5, 0.6) is 5.75 Å². The molecule has 5 heteroatoms. The predicted octanol–water partition coefficient (Wildman–Crippen LogP) is 4.11. The monoisotopic (exact) mass is 376 g/mol. The van der Waals surface area contributed by atoms with Gasteiger partial charge in [0.1, 0.15) is 5.75 Å². The Kier molecular flexibility index (Phi) is 11.7. The minimum absolute atomic E-state index is 0. The van der Waals surface area contributed by atoms with Crippen LogP contribution in [0.2, 0.25) is 0 Å². The average molecular weight is 377 g/mol. The van der Waals surface area contributed by atoms with Crippen molar-refractivity contribution in [1.29, 1.82) is 0 Å². The number of fused-ring (bicyclic) bond motifs is 1. The van der Waals surface area contributed by atoms with Crippen LogP contribution in [-0.2, 0) is 12.8 Å². The lowest BCUT2D eigenvalue weighted by atomic mass is 9.87. The summed E-state index contributed by atoms with van der Waals surface area (Å²) in [5.41, 5.74) is 2.88. The van der Waals surface area contributed by atoms with Gasteiger partial charge in [-0.05, 0) is 76.4 Å². The van der Waals surface area contributed by atoms with Gasteiger partial charge in [0.25, 0.3) is 0 Å². The molecule has 1 aliphatic rings. The van der Waals surface area contributed by atoms with Crippen LogP contribution in [0.3, 0.4) is 0 Å². The van der Waals surface area contributed by atoms with E-state index in [4.69, 9.17) is 4.74 Å². The molecule has 2 rings (SSSR count). The highest BCUT2D eigenvalue weighted by Gasteiger charge is 2.23. The van der Waals surface area contributed by atoms with Crippen molar-refractivity contribution in [3.05, 3.63) is 29.3 Å². The molecular formula is C19H34Cl2N2O. The zero-order chi connectivity index (χ0) is 15.9. The molecule has 0 bridgehead atoms. The smallest absolute Gasteiger partial charge is 0.122 e. The van der Waals surface area contributed by atoms with Gasteiger partial charge in [0.15, 0.2) is 0 Å². The summed E-state index contributed by atoms with van der Waals surface area (Å²) >= 11 is 0. The molecule has 0 aliphatic heterocycles. The number of ether oxygens (including phenoxy) is 1. The third kappa shape index (κ3) is 6.79. The topological polar surface area (TPSA) is 24.5 Å². The van der Waals surface area contributed by atoms with E-state index >= 15 is 0 Å². The maximum Gasteiger partial charge on any atom is 0.122 e. The minimum Gasteiger partial charge on any atom is -0.496 e. The molecule has 3 nitrogen and oxygen atoms in total. The number of nitrogens with zero attached hydrogens (tertiary/aromatic N) is 1. The molecule has 0 heterocycles. The second kappa shape index (κ2) is 12.0. The van der Waals surface area contributed by atoms with Gasteiger partial charge in [-0.3, -0.25) is 0 Å². The summed E-state index contributed by atoms with van der Waals surface area (Å²) in [6.45, 7) is 3.48. The van der Waals surface area contributed by atoms with E-state index in [0.717, 1.165) is 12.2 Å². The van der Waals surface area contributed by atoms with Gasteiger partial charge in [0.2, 0.25) is 0 Å². The molecule has 2 atom stereocenters. The van der Waals surface area contributed by atoms with Gasteiger partial charge < -0.3 is 15.0 Å². The van der Waals surface area contributed by atoms with E-state index in [0.29, 0.717) is 12.1 Å². The molecule has 24 heavy (non-hydrogen) atoms. The number of methoxy groups -OCH3 is 1. The fourth-order valence-corrected chi connectivity index (χ4v) is 3.48. The van der Waals surface area contributed by atoms with E-state index in [-0.39, 0.29) is 24.8 Å². The number of rotatable bonds is 8. The zero-order valence-corrected chi connectivity index (χ0v) is 17.1. The quantitative estimate of drug-likeness (QED) is 0.738. The second-order valence-corrected chi connectivity index (χ2v) is 6.76. The highest BCUT2D eigenvalue weighted by Crippen LogP contribution is 2.29. The molecule has 1 aliphatic carbocycles. The van der Waals surface area contributed by atoms with Crippen molar-refractivity contribution in [1.82, 2.24) is 10.2 Å². The highest BCUT2D eigenvalue weighted by atomic mass is 35.5. The molecule has 0 amide bonds. The molecule has 0 radical (unpaired) electrons. The van der Waals surface area contributed by atoms with Crippen LogP contribution in [0, 0.1) is 0 Å². The molecule has 2 unspecified atom stereocenters. The van der Waals surface area contributed by atoms with Crippen LogP contribution >= 0.6 is 24.8 Å². The first kappa shape index (κ1) is 23.5. The maximum absolute atomic E-state index is 5.55. The van der Waals surface area contributed by atoms with Crippen molar-refractivity contribution >= 4 is 24.8 Å². The summed E-state index contributed by atoms with van der Waals surface area (Å²) in [6.07, 6.45) is 7.25. The Morgan fingerprint density at radius 3 is 2.67 bits per heavy atom. The first-order chi connectivity index (χ1) is 10.6. The average Bonchev–Trinajstić information content (AvgIpc) is 2.52. The third-order valence-corrected chi connectivity index (χ3v) is 4.78. The standard InChI is InChI=1S/C19H32N2O.2ClH/c1-5-16(9-7-13-21(2)3)20-17-12-11-15-8-6-10-19(22-4)18(15)14-17;;/h6,8,10,16-17,20H,5,7,9,11-14H2,1-4H3;2*1H. The first-order valence-corrected chi connectivity index (χ1v) is 8.69. The fraction of sp³-hybridized carbons (Fsp3) is 0.684. The van der Waals surface area contributed by atoms with E-state index in [1.807, 2.05) is 0 Å². The summed E-state index contributed by atoms with van der Waals surface area (Å²) in [4.78, 5) is 2.27. The van der Waals surface area contributed by atoms with E-state index in [1.54, 1.807) is 7.11 Å². The lowest BCUT2D eigenvalue weighted by molar-refractivity contribution is 0.332. The molecular weight excluding hydrogens is 343 g/mol. The number of aryl methyl sites for hydroxylation is 1. The minimum atomic E-state index is 0. The molecule has 140 valence electrons. The van der Waals surface area contributed by atoms with Crippen molar-refractivity contribution in [2.75, 3.05) is 27.7 Å². The molecule has 1 aromatic carbocycles. The van der Waals surface area contributed by atoms with Crippen molar-refractivity contribution in [2.24, 2.45) is 0 Å². The number of nitrogens with one attached hydrogen (secondary N) is 1. The molecule has 0 saturated heterocycles. The van der Waals surface area contributed by atoms with Gasteiger partial charge in [0, 0.05) is 12.1 Å². The van der Waals surface area contributed by atoms with E-state index in [9.17, 15) is 0 Å². The number of hydrogen-bond acceptors (Lipinski definition) is 3. The van der Waals surface area contributed by atoms with Gasteiger partial charge in [-0.2, -0.15) is 0 Å². The Balaban J connectivity index is 0.00000264. The lowest BCUT2D eigenvalue weighted by Crippen LogP contribution is -2.41. The number of halogens is 2. The van der Waals surface area contributed by atoms with Crippen LogP contribution in [0.25, 0.3) is 0 Å². The van der Waals surface area contributed by atoms with Crippen molar-refractivity contribution in [2.45, 2.75) is 57.5 Å². The summed E-state index contributed by atoms with van der Waals surface area (Å²) in [6, 6.07) is 7.69. The summed E-state index contributed by atoms with van der Waals surface area (Å²) in [7, 11) is 6.08. The van der Waals surface area contributed by atoms with Crippen molar-refractivity contribution in [3.8, 4) is 5.75 Å². The normalized spacial score (nSPS) is 17.5. The molecule has 1 N–H and O–H groups in total. The number of benzene rings is 1. The van der Waals surface area contributed by atoms with Crippen molar-refractivity contribution < 1.29 is 4.74 Å². The Labute approximate surface area is 160 Å². The van der Waals surface area contributed by atoms with Gasteiger partial charge in [-0.15, -0.1) is 24.8 Å². The molecule has 0 fully saturated rings. The van der Waals surface area contributed by atoms with Crippen LogP contribution < -0.4 is 10.1 Å². The van der Waals surface area contributed by atoms with Gasteiger partial charge in [-0.1, -0.05) is 19.1 Å². The molecule has 1 aromatic rings. The highest BCUT2D eigenvalue weighted by molar-refractivity contribution is 5.85. The van der Waals surface area contributed by atoms with Crippen molar-refractivity contribution in [3.63, 3.8) is 0 Å². The Morgan fingerprint density at radius 1 is 1.29 bits per heavy atom. The second-order valence-electron chi connectivity index (χ2n) is 6.76. The lowest BCUT2D eigenvalue weighted by Gasteiger charge is -2.30. The Morgan fingerprint density at radius 2 is 2.04 bits per heavy atom. The van der Waals surface area contributed by atoms with Crippen LogP contribution in [0.4, 0.5) is 0 Å². The third-order valence-electron chi connectivity index (χ3n) is 4.78. The van der Waals surface area contributed by atoms with Crippen LogP contribution in [0.1, 0.15) is 43.7 Å². The van der Waals surface area contributed by atoms with Gasteiger partial charge in [-0.25, -0.2) is 0 Å². The van der Waals surface area contributed by atoms with E-state index < -0.39 is 0 Å². The fourth-order valence-electron chi connectivity index (χ4n) is 3.48. The van der Waals surface area contributed by atoms with E-state index in [1.165, 1.54) is 49.8 Å². The van der Waals surface area contributed by atoms with E-state index in [2.05, 4.69) is 49.4 Å². The predicted molar refractivity (Wildman–Crippen MR) is 108 cm³/mol. The summed E-state index contributed by atoms with van der Waals surface area (Å²) in [5, 5.41) is 3.90. The summed E-state index contributed by atoms with van der Waals surface area (Å²) < 4.78 is 5.55. The maximum atomic E-state index is 5.55. The first-order valence-electron chi connectivity index (χ1n) is 8.69. The van der Waals surface area contributed by atoms with Gasteiger partial charge in [0.05, 0.1) is 7.11 Å². The largest absolute Gasteiger partial charge is 0.496 e. The van der Waals surface area contributed by atoms with Crippen LogP contribution in [-0.4, -0.2) is 44.7 Å². The SMILES string of the molecule is CCC(CCCN(C)C)NC1CCc2cccc(OC)c2C1.Cl.Cl. The summed E-state index contributed by atoms with van der Waals surface area (Å²) in [5.74, 6) is 1.06. The number of hydrogen-bond donors (Lipinski definition) is 1. The van der Waals surface area contributed by atoms with Crippen LogP contribution in [0.15, 0.2) is 18.2 Å². The molecule has 0 aromatic heterocycles. The molecule has 0 spiro atoms. The Bertz CT molecular complexity index is 454.